The van der Waals surface area contributed by atoms with Crippen LogP contribution in [0.25, 0.3) is 0 Å². The van der Waals surface area contributed by atoms with Gasteiger partial charge in [-0.25, -0.2) is 0 Å². The Hall–Kier alpha value is -2.38. The minimum atomic E-state index is 0.0211. The molecule has 0 spiro atoms. The lowest BCUT2D eigenvalue weighted by Gasteiger charge is -2.17. The Morgan fingerprint density at radius 3 is 2.81 bits per heavy atom. The van der Waals surface area contributed by atoms with Crippen LogP contribution in [0.15, 0.2) is 36.4 Å². The van der Waals surface area contributed by atoms with E-state index in [1.807, 2.05) is 31.2 Å². The van der Waals surface area contributed by atoms with Gasteiger partial charge in [-0.15, -0.1) is 0 Å². The Morgan fingerprint density at radius 1 is 1.19 bits per heavy atom. The Labute approximate surface area is 127 Å². The highest BCUT2D eigenvalue weighted by atomic mass is 35.5. The van der Waals surface area contributed by atoms with E-state index in [9.17, 15) is 0 Å². The number of rotatable bonds is 3. The molecule has 21 heavy (non-hydrogen) atoms. The first-order valence-electron chi connectivity index (χ1n) is 6.53. The van der Waals surface area contributed by atoms with Crippen molar-refractivity contribution in [2.75, 3.05) is 12.1 Å². The molecule has 1 heterocycles. The SMILES string of the molecule is CC(Nc1ccc(Cl)cc1C#N)c1ccc2c(c1)OCO2. The zero-order valence-electron chi connectivity index (χ0n) is 11.4. The third-order valence-corrected chi connectivity index (χ3v) is 3.61. The van der Waals surface area contributed by atoms with Crippen LogP contribution in [0.2, 0.25) is 5.02 Å². The van der Waals surface area contributed by atoms with E-state index in [0.717, 1.165) is 22.7 Å². The lowest BCUT2D eigenvalue weighted by atomic mass is 10.1. The summed E-state index contributed by atoms with van der Waals surface area (Å²) >= 11 is 5.90. The van der Waals surface area contributed by atoms with Gasteiger partial charge in [-0.2, -0.15) is 5.26 Å². The summed E-state index contributed by atoms with van der Waals surface area (Å²) < 4.78 is 10.7. The molecule has 4 nitrogen and oxygen atoms in total. The van der Waals surface area contributed by atoms with Gasteiger partial charge in [0.15, 0.2) is 11.5 Å². The summed E-state index contributed by atoms with van der Waals surface area (Å²) in [6.07, 6.45) is 0. The van der Waals surface area contributed by atoms with Crippen molar-refractivity contribution in [3.05, 3.63) is 52.5 Å². The number of hydrogen-bond donors (Lipinski definition) is 1. The summed E-state index contributed by atoms with van der Waals surface area (Å²) in [5.74, 6) is 1.51. The maximum Gasteiger partial charge on any atom is 0.231 e. The number of nitrogens with one attached hydrogen (secondary N) is 1. The third-order valence-electron chi connectivity index (χ3n) is 3.37. The van der Waals surface area contributed by atoms with Gasteiger partial charge in [0.2, 0.25) is 6.79 Å². The maximum absolute atomic E-state index is 9.17. The highest BCUT2D eigenvalue weighted by Gasteiger charge is 2.16. The first kappa shape index (κ1) is 13.6. The second kappa shape index (κ2) is 5.55. The number of nitrogens with zero attached hydrogens (tertiary/aromatic N) is 1. The van der Waals surface area contributed by atoms with Crippen molar-refractivity contribution >= 4 is 17.3 Å². The van der Waals surface area contributed by atoms with Crippen molar-refractivity contribution in [3.63, 3.8) is 0 Å². The molecule has 1 aliphatic rings. The van der Waals surface area contributed by atoms with Crippen LogP contribution in [0.1, 0.15) is 24.1 Å². The number of ether oxygens (including phenoxy) is 2. The fourth-order valence-corrected chi connectivity index (χ4v) is 2.41. The van der Waals surface area contributed by atoms with Crippen LogP contribution in [0.3, 0.4) is 0 Å². The molecule has 0 radical (unpaired) electrons. The third kappa shape index (κ3) is 2.74. The average Bonchev–Trinajstić information content (AvgIpc) is 2.96. The normalized spacial score (nSPS) is 13.6. The molecule has 0 fully saturated rings. The zero-order valence-corrected chi connectivity index (χ0v) is 12.1. The fourth-order valence-electron chi connectivity index (χ4n) is 2.23. The molecule has 0 bridgehead atoms. The summed E-state index contributed by atoms with van der Waals surface area (Å²) in [4.78, 5) is 0. The first-order chi connectivity index (χ1) is 10.2. The highest BCUT2D eigenvalue weighted by molar-refractivity contribution is 6.30. The van der Waals surface area contributed by atoms with Gasteiger partial charge in [0, 0.05) is 11.1 Å². The van der Waals surface area contributed by atoms with E-state index in [4.69, 9.17) is 26.3 Å². The summed E-state index contributed by atoms with van der Waals surface area (Å²) in [6, 6.07) is 13.2. The Kier molecular flexibility index (Phi) is 3.59. The molecular weight excluding hydrogens is 288 g/mol. The van der Waals surface area contributed by atoms with Crippen molar-refractivity contribution < 1.29 is 9.47 Å². The molecular formula is C16H13ClN2O2. The Bertz CT molecular complexity index is 725. The second-order valence-electron chi connectivity index (χ2n) is 4.78. The Balaban J connectivity index is 1.84. The van der Waals surface area contributed by atoms with Crippen LogP contribution in [-0.4, -0.2) is 6.79 Å². The molecule has 1 aliphatic heterocycles. The molecule has 1 atom stereocenters. The second-order valence-corrected chi connectivity index (χ2v) is 5.22. The summed E-state index contributed by atoms with van der Waals surface area (Å²) in [5.41, 5.74) is 2.33. The van der Waals surface area contributed by atoms with E-state index < -0.39 is 0 Å². The molecule has 0 aromatic heterocycles. The molecule has 106 valence electrons. The minimum Gasteiger partial charge on any atom is -0.454 e. The number of hydrogen-bond acceptors (Lipinski definition) is 4. The van der Waals surface area contributed by atoms with Crippen LogP contribution in [0, 0.1) is 11.3 Å². The van der Waals surface area contributed by atoms with Gasteiger partial charge in [-0.3, -0.25) is 0 Å². The zero-order chi connectivity index (χ0) is 14.8. The lowest BCUT2D eigenvalue weighted by molar-refractivity contribution is 0.174. The van der Waals surface area contributed by atoms with Crippen LogP contribution in [0.4, 0.5) is 5.69 Å². The number of fused-ring (bicyclic) bond motifs is 1. The smallest absolute Gasteiger partial charge is 0.231 e. The molecule has 2 aromatic rings. The fraction of sp³-hybridized carbons (Fsp3) is 0.188. The molecule has 3 rings (SSSR count). The van der Waals surface area contributed by atoms with Gasteiger partial charge in [-0.1, -0.05) is 17.7 Å². The summed E-state index contributed by atoms with van der Waals surface area (Å²) in [6.45, 7) is 2.28. The van der Waals surface area contributed by atoms with Gasteiger partial charge >= 0.3 is 0 Å². The van der Waals surface area contributed by atoms with E-state index in [1.165, 1.54) is 0 Å². The monoisotopic (exact) mass is 300 g/mol. The van der Waals surface area contributed by atoms with Crippen LogP contribution < -0.4 is 14.8 Å². The van der Waals surface area contributed by atoms with Crippen molar-refractivity contribution in [1.82, 2.24) is 0 Å². The number of anilines is 1. The first-order valence-corrected chi connectivity index (χ1v) is 6.91. The number of halogens is 1. The minimum absolute atomic E-state index is 0.0211. The largest absolute Gasteiger partial charge is 0.454 e. The molecule has 0 aliphatic carbocycles. The number of nitriles is 1. The predicted molar refractivity (Wildman–Crippen MR) is 80.8 cm³/mol. The van der Waals surface area contributed by atoms with Gasteiger partial charge < -0.3 is 14.8 Å². The molecule has 5 heteroatoms. The molecule has 0 saturated heterocycles. The van der Waals surface area contributed by atoms with E-state index in [0.29, 0.717) is 10.6 Å². The molecule has 2 aromatic carbocycles. The van der Waals surface area contributed by atoms with Crippen molar-refractivity contribution in [3.8, 4) is 17.6 Å². The predicted octanol–water partition coefficient (Wildman–Crippen LogP) is 4.11. The highest BCUT2D eigenvalue weighted by Crippen LogP contribution is 2.35. The van der Waals surface area contributed by atoms with Gasteiger partial charge in [0.1, 0.15) is 6.07 Å². The van der Waals surface area contributed by atoms with Gasteiger partial charge in [0.05, 0.1) is 11.3 Å². The molecule has 0 saturated carbocycles. The Morgan fingerprint density at radius 2 is 2.00 bits per heavy atom. The van der Waals surface area contributed by atoms with Crippen molar-refractivity contribution in [2.24, 2.45) is 0 Å². The topological polar surface area (TPSA) is 54.3 Å². The van der Waals surface area contributed by atoms with Crippen molar-refractivity contribution in [1.29, 1.82) is 5.26 Å². The van der Waals surface area contributed by atoms with Crippen LogP contribution in [0.5, 0.6) is 11.5 Å². The summed E-state index contributed by atoms with van der Waals surface area (Å²) in [5, 5.41) is 13.0. The molecule has 1 N–H and O–H groups in total. The van der Waals surface area contributed by atoms with Gasteiger partial charge in [0.25, 0.3) is 0 Å². The van der Waals surface area contributed by atoms with E-state index >= 15 is 0 Å². The van der Waals surface area contributed by atoms with E-state index in [1.54, 1.807) is 12.1 Å². The standard InChI is InChI=1S/C16H13ClN2O2/c1-10(11-2-5-15-16(7-11)21-9-20-15)19-14-4-3-13(17)6-12(14)8-18/h2-7,10,19H,9H2,1H3. The van der Waals surface area contributed by atoms with Crippen molar-refractivity contribution in [2.45, 2.75) is 13.0 Å². The van der Waals surface area contributed by atoms with Crippen LogP contribution in [-0.2, 0) is 0 Å². The summed E-state index contributed by atoms with van der Waals surface area (Å²) in [7, 11) is 0. The number of benzene rings is 2. The average molecular weight is 301 g/mol. The molecule has 1 unspecified atom stereocenters. The quantitative estimate of drug-likeness (QED) is 0.926. The maximum atomic E-state index is 9.17. The van der Waals surface area contributed by atoms with Gasteiger partial charge in [-0.05, 0) is 42.8 Å². The molecule has 0 amide bonds. The lowest BCUT2D eigenvalue weighted by Crippen LogP contribution is -2.07. The van der Waals surface area contributed by atoms with E-state index in [2.05, 4.69) is 11.4 Å². The van der Waals surface area contributed by atoms with Crippen LogP contribution >= 0.6 is 11.6 Å². The van der Waals surface area contributed by atoms with E-state index in [-0.39, 0.29) is 12.8 Å².